The smallest absolute Gasteiger partial charge is 0.233 e. The van der Waals surface area contributed by atoms with Gasteiger partial charge in [0.05, 0.1) is 28.8 Å². The van der Waals surface area contributed by atoms with Crippen LogP contribution in [0.15, 0.2) is 70.1 Å². The molecule has 0 spiro atoms. The van der Waals surface area contributed by atoms with Crippen molar-refractivity contribution in [1.82, 2.24) is 20.5 Å². The predicted molar refractivity (Wildman–Crippen MR) is 226 cm³/mol. The number of hydrogen-bond donors (Lipinski definition) is 4. The first kappa shape index (κ1) is 47.0. The van der Waals surface area contributed by atoms with Gasteiger partial charge in [-0.15, -0.1) is 4.33 Å². The normalized spacial score (nSPS) is 16.6. The lowest BCUT2D eigenvalue weighted by atomic mass is 9.81. The Morgan fingerprint density at radius 1 is 0.948 bits per heavy atom. The van der Waals surface area contributed by atoms with Crippen LogP contribution >= 0.6 is 12.0 Å². The number of allylic oxidation sites excluding steroid dienone is 4. The minimum absolute atomic E-state index is 0.0809. The average Bonchev–Trinajstić information content (AvgIpc) is 3.53. The molecule has 58 heavy (non-hydrogen) atoms. The molecule has 4 rings (SSSR count). The molecule has 0 aromatic heterocycles. The Hall–Kier alpha value is -3.65. The molecule has 0 saturated carbocycles. The minimum Gasteiger partial charge on any atom is -0.744 e. The number of likely N-dealkylation sites (N-methyl/N-ethyl adjacent to an activating group) is 1. The molecular weight excluding hydrogens is 783 g/mol. The summed E-state index contributed by atoms with van der Waals surface area (Å²) in [6.45, 7) is 15.6. The number of carbonyl (C=O) groups excluding carboxylic acids is 2. The van der Waals surface area contributed by atoms with Crippen molar-refractivity contribution in [2.45, 2.75) is 93.8 Å². The molecule has 2 aliphatic rings. The fourth-order valence-electron chi connectivity index (χ4n) is 7.83. The van der Waals surface area contributed by atoms with E-state index in [0.717, 1.165) is 104 Å². The molecule has 2 aromatic rings. The summed E-state index contributed by atoms with van der Waals surface area (Å²) in [6.07, 6.45) is 10.4. The van der Waals surface area contributed by atoms with Crippen LogP contribution in [0.4, 0.5) is 11.4 Å². The molecule has 0 fully saturated rings. The molecule has 0 saturated heterocycles. The van der Waals surface area contributed by atoms with Crippen LogP contribution in [0.1, 0.15) is 84.3 Å². The van der Waals surface area contributed by atoms with Gasteiger partial charge in [-0.05, 0) is 129 Å². The summed E-state index contributed by atoms with van der Waals surface area (Å²) in [6, 6.07) is 10.4. The fourth-order valence-corrected chi connectivity index (χ4v) is 8.73. The molecule has 5 N–H and O–H groups in total. The predicted octanol–water partition coefficient (Wildman–Crippen LogP) is 4.96. The van der Waals surface area contributed by atoms with E-state index in [4.69, 9.17) is 11.1 Å². The van der Waals surface area contributed by atoms with Crippen molar-refractivity contribution in [1.29, 1.82) is 0 Å². The van der Waals surface area contributed by atoms with Crippen LogP contribution in [-0.4, -0.2) is 110 Å². The topological polar surface area (TPSA) is 193 Å². The monoisotopic (exact) mass is 843 g/mol. The number of fused-ring (bicyclic) bond motifs is 2. The first-order valence-corrected chi connectivity index (χ1v) is 21.9. The van der Waals surface area contributed by atoms with Gasteiger partial charge < -0.3 is 24.6 Å². The van der Waals surface area contributed by atoms with Crippen LogP contribution in [0.2, 0.25) is 0 Å². The summed E-state index contributed by atoms with van der Waals surface area (Å²) in [5.74, 6) is 4.91. The van der Waals surface area contributed by atoms with E-state index in [1.807, 2.05) is 48.8 Å². The number of hydrazine groups is 1. The van der Waals surface area contributed by atoms with Gasteiger partial charge in [-0.25, -0.2) is 19.5 Å². The van der Waals surface area contributed by atoms with Crippen molar-refractivity contribution in [3.05, 3.63) is 71.5 Å². The molecule has 17 heteroatoms. The number of hydrogen-bond acceptors (Lipinski definition) is 13. The summed E-state index contributed by atoms with van der Waals surface area (Å²) < 4.78 is 42.8. The molecule has 320 valence electrons. The van der Waals surface area contributed by atoms with E-state index in [1.54, 1.807) is 6.07 Å². The van der Waals surface area contributed by atoms with Crippen LogP contribution in [-0.2, 0) is 39.9 Å². The third-order valence-corrected chi connectivity index (χ3v) is 12.4. The molecular formula is C41H61N7O8S2. The molecule has 0 aliphatic carbocycles. The molecule has 2 amide bonds. The number of nitrogens with two attached hydrogens (primary N) is 1. The number of amides is 2. The summed E-state index contributed by atoms with van der Waals surface area (Å²) >= 11 is 0.916. The van der Waals surface area contributed by atoms with Crippen LogP contribution in [0.5, 0.6) is 0 Å². The molecule has 0 unspecified atom stereocenters. The highest BCUT2D eigenvalue weighted by molar-refractivity contribution is 7.94. The average molecular weight is 844 g/mol. The van der Waals surface area contributed by atoms with Gasteiger partial charge in [0, 0.05) is 58.9 Å². The zero-order valence-corrected chi connectivity index (χ0v) is 36.5. The first-order chi connectivity index (χ1) is 27.4. The van der Waals surface area contributed by atoms with Crippen molar-refractivity contribution in [3.8, 4) is 0 Å². The Balaban J connectivity index is 1.41. The molecule has 0 atom stereocenters. The highest BCUT2D eigenvalue weighted by Gasteiger charge is 2.45. The number of carbonyl (C=O) groups is 2. The fraction of sp³-hybridized carbons (Fsp3) is 0.537. The Kier molecular flexibility index (Phi) is 17.1. The highest BCUT2D eigenvalue weighted by atomic mass is 32.2. The maximum absolute atomic E-state index is 13.2. The molecule has 2 heterocycles. The SMILES string of the molecule is CCN1C(=CC=CC2=[N+](CCC(=O)NCCCN(C)CCCCN(C)CCCC(=O)NN)c3ccc(S(=O)(=O)[O-])cc3C2(C)C)C(C)(C)c2cc(SOOO)ccc21. The van der Waals surface area contributed by atoms with E-state index in [0.29, 0.717) is 25.1 Å². The lowest BCUT2D eigenvalue weighted by molar-refractivity contribution is -0.436. The molecule has 15 nitrogen and oxygen atoms in total. The summed E-state index contributed by atoms with van der Waals surface area (Å²) in [4.78, 5) is 31.7. The van der Waals surface area contributed by atoms with Crippen LogP contribution in [0.25, 0.3) is 0 Å². The second kappa shape index (κ2) is 21.0. The van der Waals surface area contributed by atoms with E-state index in [1.165, 1.54) is 12.1 Å². The van der Waals surface area contributed by atoms with Gasteiger partial charge in [0.25, 0.3) is 0 Å². The molecule has 0 radical (unpaired) electrons. The van der Waals surface area contributed by atoms with E-state index in [-0.39, 0.29) is 28.5 Å². The quantitative estimate of drug-likeness (QED) is 0.0172. The standard InChI is InChI=1S/C41H61N7O8S2/c1-8-47-34-19-17-30(57-56-55-51)28-32(34)40(2,3)36(47)14-11-15-37-41(4,5)33-29-31(58(52,53)54)18-20-35(33)48(37)27-21-38(49)43-22-13-26-46(7)24-10-9-23-45(6)25-12-16-39(50)44-42/h11,14-15,17-20,28-29H,8-10,12-13,16,21-27,42H2,1-7H3,(H3-,43,44,49,50,51,52,53,54). The summed E-state index contributed by atoms with van der Waals surface area (Å²) in [7, 11) is -0.536. The largest absolute Gasteiger partial charge is 0.744 e. The highest BCUT2D eigenvalue weighted by Crippen LogP contribution is 2.49. The molecule has 2 aliphatic heterocycles. The minimum atomic E-state index is -4.68. The van der Waals surface area contributed by atoms with Gasteiger partial charge in [-0.1, -0.05) is 25.0 Å². The van der Waals surface area contributed by atoms with Gasteiger partial charge in [-0.3, -0.25) is 15.0 Å². The Bertz CT molecular complexity index is 1970. The number of rotatable bonds is 23. The van der Waals surface area contributed by atoms with Crippen LogP contribution in [0.3, 0.4) is 0 Å². The van der Waals surface area contributed by atoms with Gasteiger partial charge in [0.1, 0.15) is 10.1 Å². The third-order valence-electron chi connectivity index (χ3n) is 11.0. The summed E-state index contributed by atoms with van der Waals surface area (Å²) in [5.41, 5.74) is 6.67. The van der Waals surface area contributed by atoms with Gasteiger partial charge in [0.2, 0.25) is 17.5 Å². The van der Waals surface area contributed by atoms with Gasteiger partial charge in [0.15, 0.2) is 12.3 Å². The van der Waals surface area contributed by atoms with Crippen molar-refractivity contribution >= 4 is 51.1 Å². The van der Waals surface area contributed by atoms with E-state index >= 15 is 0 Å². The second-order valence-electron chi connectivity index (χ2n) is 15.9. The van der Waals surface area contributed by atoms with Crippen LogP contribution < -0.4 is 21.5 Å². The maximum atomic E-state index is 13.2. The number of unbranched alkanes of at least 4 members (excludes halogenated alkanes) is 1. The zero-order valence-electron chi connectivity index (χ0n) is 34.9. The lowest BCUT2D eigenvalue weighted by Gasteiger charge is -2.25. The number of anilines is 1. The third kappa shape index (κ3) is 12.0. The maximum Gasteiger partial charge on any atom is 0.233 e. The molecule has 2 aromatic carbocycles. The second-order valence-corrected chi connectivity index (χ2v) is 18.1. The summed E-state index contributed by atoms with van der Waals surface area (Å²) in [5, 5.41) is 15.5. The van der Waals surface area contributed by atoms with Crippen molar-refractivity contribution in [3.63, 3.8) is 0 Å². The number of nitrogens with one attached hydrogen (secondary N) is 2. The number of nitrogens with zero attached hydrogens (tertiary/aromatic N) is 4. The Morgan fingerprint density at radius 2 is 1.62 bits per heavy atom. The van der Waals surface area contributed by atoms with Crippen molar-refractivity contribution < 1.29 is 41.8 Å². The van der Waals surface area contributed by atoms with Crippen LogP contribution in [0, 0.1) is 0 Å². The molecule has 0 bridgehead atoms. The Labute approximate surface area is 348 Å². The van der Waals surface area contributed by atoms with E-state index < -0.39 is 15.5 Å². The van der Waals surface area contributed by atoms with Crippen molar-refractivity contribution in [2.75, 3.05) is 64.8 Å². The Morgan fingerprint density at radius 3 is 2.26 bits per heavy atom. The van der Waals surface area contributed by atoms with E-state index in [2.05, 4.69) is 75.8 Å². The van der Waals surface area contributed by atoms with E-state index in [9.17, 15) is 22.6 Å². The van der Waals surface area contributed by atoms with Crippen molar-refractivity contribution in [2.24, 2.45) is 5.84 Å². The lowest BCUT2D eigenvalue weighted by Crippen LogP contribution is -2.32. The van der Waals surface area contributed by atoms with Gasteiger partial charge in [-0.2, -0.15) is 4.58 Å². The zero-order chi connectivity index (χ0) is 42.7. The number of benzene rings is 2. The van der Waals surface area contributed by atoms with Gasteiger partial charge >= 0.3 is 0 Å². The first-order valence-electron chi connectivity index (χ1n) is 19.8.